The fourth-order valence-electron chi connectivity index (χ4n) is 2.04. The van der Waals surface area contributed by atoms with Crippen molar-refractivity contribution in [3.05, 3.63) is 35.4 Å². The van der Waals surface area contributed by atoms with E-state index >= 15 is 0 Å². The maximum absolute atomic E-state index is 5.93. The number of aromatic nitrogens is 1. The van der Waals surface area contributed by atoms with Crippen molar-refractivity contribution in [2.45, 2.75) is 12.5 Å². The van der Waals surface area contributed by atoms with Crippen LogP contribution < -0.4 is 10.1 Å². The van der Waals surface area contributed by atoms with Crippen LogP contribution in [-0.2, 0) is 0 Å². The van der Waals surface area contributed by atoms with E-state index in [1.807, 2.05) is 30.3 Å². The number of nitrogens with one attached hydrogen (secondary N) is 1. The molecule has 1 aliphatic heterocycles. The molecule has 1 atom stereocenters. The molecular formula is C13H13ClN2O. The van der Waals surface area contributed by atoms with E-state index in [0.29, 0.717) is 5.88 Å². The van der Waals surface area contributed by atoms with Crippen LogP contribution in [0.3, 0.4) is 0 Å². The Labute approximate surface area is 105 Å². The van der Waals surface area contributed by atoms with Gasteiger partial charge in [-0.15, -0.1) is 0 Å². The average Bonchev–Trinajstić information content (AvgIpc) is 2.82. The molecule has 2 aromatic rings. The molecule has 3 nitrogen and oxygen atoms in total. The lowest BCUT2D eigenvalue weighted by molar-refractivity contribution is 0.215. The largest absolute Gasteiger partial charge is 0.473 e. The molecule has 0 unspecified atom stereocenters. The SMILES string of the molecule is Clc1ccc2nc(O[C@@H]3CCNC3)ccc2c1. The Hall–Kier alpha value is -1.32. The van der Waals surface area contributed by atoms with Crippen LogP contribution >= 0.6 is 11.6 Å². The fourth-order valence-corrected chi connectivity index (χ4v) is 2.22. The first-order valence-electron chi connectivity index (χ1n) is 5.75. The van der Waals surface area contributed by atoms with E-state index in [-0.39, 0.29) is 6.10 Å². The zero-order valence-corrected chi connectivity index (χ0v) is 10.1. The normalized spacial score (nSPS) is 19.7. The van der Waals surface area contributed by atoms with E-state index in [9.17, 15) is 0 Å². The Morgan fingerprint density at radius 2 is 2.24 bits per heavy atom. The van der Waals surface area contributed by atoms with Crippen LogP contribution in [0, 0.1) is 0 Å². The lowest BCUT2D eigenvalue weighted by Gasteiger charge is -2.11. The highest BCUT2D eigenvalue weighted by atomic mass is 35.5. The highest BCUT2D eigenvalue weighted by Crippen LogP contribution is 2.21. The summed E-state index contributed by atoms with van der Waals surface area (Å²) in [7, 11) is 0. The lowest BCUT2D eigenvalue weighted by atomic mass is 10.2. The maximum atomic E-state index is 5.93. The van der Waals surface area contributed by atoms with Crippen molar-refractivity contribution in [1.29, 1.82) is 0 Å². The second kappa shape index (κ2) is 4.51. The number of pyridine rings is 1. The van der Waals surface area contributed by atoms with Crippen molar-refractivity contribution < 1.29 is 4.74 Å². The molecule has 2 heterocycles. The first-order chi connectivity index (χ1) is 8.31. The van der Waals surface area contributed by atoms with Gasteiger partial charge in [-0.25, -0.2) is 4.98 Å². The minimum absolute atomic E-state index is 0.243. The monoisotopic (exact) mass is 248 g/mol. The number of benzene rings is 1. The van der Waals surface area contributed by atoms with Crippen LogP contribution in [0.1, 0.15) is 6.42 Å². The number of ether oxygens (including phenoxy) is 1. The predicted octanol–water partition coefficient (Wildman–Crippen LogP) is 2.63. The van der Waals surface area contributed by atoms with Gasteiger partial charge in [0.1, 0.15) is 6.10 Å². The van der Waals surface area contributed by atoms with Gasteiger partial charge in [0.2, 0.25) is 5.88 Å². The summed E-state index contributed by atoms with van der Waals surface area (Å²) in [6.07, 6.45) is 1.28. The molecule has 1 N–H and O–H groups in total. The summed E-state index contributed by atoms with van der Waals surface area (Å²) in [4.78, 5) is 4.47. The van der Waals surface area contributed by atoms with Crippen LogP contribution in [0.2, 0.25) is 5.02 Å². The molecule has 0 saturated carbocycles. The van der Waals surface area contributed by atoms with Gasteiger partial charge in [-0.05, 0) is 37.2 Å². The maximum Gasteiger partial charge on any atom is 0.214 e. The minimum Gasteiger partial charge on any atom is -0.473 e. The Bertz CT molecular complexity index is 538. The number of rotatable bonds is 2. The second-order valence-corrected chi connectivity index (χ2v) is 4.66. The number of halogens is 1. The molecule has 1 aliphatic rings. The Balaban J connectivity index is 1.88. The van der Waals surface area contributed by atoms with Gasteiger partial charge in [0.25, 0.3) is 0 Å². The molecule has 1 aromatic carbocycles. The van der Waals surface area contributed by atoms with Crippen LogP contribution in [0.25, 0.3) is 10.9 Å². The zero-order chi connectivity index (χ0) is 11.7. The molecule has 0 spiro atoms. The molecule has 0 aliphatic carbocycles. The first-order valence-corrected chi connectivity index (χ1v) is 6.13. The summed E-state index contributed by atoms with van der Waals surface area (Å²) in [5, 5.41) is 5.03. The van der Waals surface area contributed by atoms with Gasteiger partial charge < -0.3 is 10.1 Å². The zero-order valence-electron chi connectivity index (χ0n) is 9.32. The van der Waals surface area contributed by atoms with Crippen molar-refractivity contribution in [2.24, 2.45) is 0 Å². The second-order valence-electron chi connectivity index (χ2n) is 4.22. The molecule has 0 bridgehead atoms. The molecule has 3 rings (SSSR count). The Kier molecular flexibility index (Phi) is 2.87. The highest BCUT2D eigenvalue weighted by molar-refractivity contribution is 6.31. The fraction of sp³-hybridized carbons (Fsp3) is 0.308. The number of hydrogen-bond donors (Lipinski definition) is 1. The molecule has 0 amide bonds. The van der Waals surface area contributed by atoms with Crippen molar-refractivity contribution in [3.63, 3.8) is 0 Å². The van der Waals surface area contributed by atoms with Crippen LogP contribution in [0.5, 0.6) is 5.88 Å². The lowest BCUT2D eigenvalue weighted by Crippen LogP contribution is -2.19. The van der Waals surface area contributed by atoms with Crippen LogP contribution in [-0.4, -0.2) is 24.2 Å². The summed E-state index contributed by atoms with van der Waals surface area (Å²) in [5.41, 5.74) is 0.915. The average molecular weight is 249 g/mol. The molecule has 88 valence electrons. The summed E-state index contributed by atoms with van der Waals surface area (Å²) in [6, 6.07) is 9.56. The molecule has 1 fully saturated rings. The Morgan fingerprint density at radius 3 is 3.06 bits per heavy atom. The van der Waals surface area contributed by atoms with Crippen molar-refractivity contribution in [1.82, 2.24) is 10.3 Å². The topological polar surface area (TPSA) is 34.1 Å². The van der Waals surface area contributed by atoms with Gasteiger partial charge in [0.15, 0.2) is 0 Å². The molecular weight excluding hydrogens is 236 g/mol. The van der Waals surface area contributed by atoms with Crippen LogP contribution in [0.4, 0.5) is 0 Å². The third-order valence-corrected chi connectivity index (χ3v) is 3.16. The number of hydrogen-bond acceptors (Lipinski definition) is 3. The van der Waals surface area contributed by atoms with Gasteiger partial charge in [0.05, 0.1) is 5.52 Å². The van der Waals surface area contributed by atoms with Gasteiger partial charge in [-0.3, -0.25) is 0 Å². The number of nitrogens with zero attached hydrogens (tertiary/aromatic N) is 1. The Morgan fingerprint density at radius 1 is 1.29 bits per heavy atom. The standard InChI is InChI=1S/C13H13ClN2O/c14-10-2-3-12-9(7-10)1-4-13(16-12)17-11-5-6-15-8-11/h1-4,7,11,15H,5-6,8H2/t11-/m1/s1. The van der Waals surface area contributed by atoms with Gasteiger partial charge in [-0.1, -0.05) is 11.6 Å². The highest BCUT2D eigenvalue weighted by Gasteiger charge is 2.16. The summed E-state index contributed by atoms with van der Waals surface area (Å²) in [6.45, 7) is 1.92. The van der Waals surface area contributed by atoms with Gasteiger partial charge in [0, 0.05) is 23.0 Å². The summed E-state index contributed by atoms with van der Waals surface area (Å²) in [5.74, 6) is 0.688. The molecule has 17 heavy (non-hydrogen) atoms. The van der Waals surface area contributed by atoms with Crippen molar-refractivity contribution >= 4 is 22.5 Å². The van der Waals surface area contributed by atoms with Crippen molar-refractivity contribution in [3.8, 4) is 5.88 Å². The molecule has 1 aromatic heterocycles. The predicted molar refractivity (Wildman–Crippen MR) is 68.7 cm³/mol. The molecule has 1 saturated heterocycles. The summed E-state index contributed by atoms with van der Waals surface area (Å²) >= 11 is 5.93. The first kappa shape index (κ1) is 10.8. The number of fused-ring (bicyclic) bond motifs is 1. The van der Waals surface area contributed by atoms with Gasteiger partial charge >= 0.3 is 0 Å². The van der Waals surface area contributed by atoms with E-state index in [4.69, 9.17) is 16.3 Å². The van der Waals surface area contributed by atoms with Crippen molar-refractivity contribution in [2.75, 3.05) is 13.1 Å². The third kappa shape index (κ3) is 2.35. The van der Waals surface area contributed by atoms with E-state index in [1.165, 1.54) is 0 Å². The van der Waals surface area contributed by atoms with E-state index in [0.717, 1.165) is 35.4 Å². The van der Waals surface area contributed by atoms with Gasteiger partial charge in [-0.2, -0.15) is 0 Å². The summed E-state index contributed by atoms with van der Waals surface area (Å²) < 4.78 is 5.81. The smallest absolute Gasteiger partial charge is 0.214 e. The van der Waals surface area contributed by atoms with E-state index < -0.39 is 0 Å². The quantitative estimate of drug-likeness (QED) is 0.887. The van der Waals surface area contributed by atoms with Crippen LogP contribution in [0.15, 0.2) is 30.3 Å². The van der Waals surface area contributed by atoms with E-state index in [2.05, 4.69) is 10.3 Å². The third-order valence-electron chi connectivity index (χ3n) is 2.93. The molecule has 0 radical (unpaired) electrons. The minimum atomic E-state index is 0.243. The van der Waals surface area contributed by atoms with E-state index in [1.54, 1.807) is 0 Å². The molecule has 4 heteroatoms.